The number of alkyl halides is 5. The minimum atomic E-state index is -4.60. The summed E-state index contributed by atoms with van der Waals surface area (Å²) in [5.74, 6) is -4.23. The summed E-state index contributed by atoms with van der Waals surface area (Å²) in [6.45, 7) is 3.39. The van der Waals surface area contributed by atoms with E-state index in [1.165, 1.54) is 6.07 Å². The van der Waals surface area contributed by atoms with Crippen molar-refractivity contribution in [3.05, 3.63) is 34.9 Å². The van der Waals surface area contributed by atoms with Gasteiger partial charge >= 0.3 is 6.18 Å². The van der Waals surface area contributed by atoms with Crippen LogP contribution in [0.3, 0.4) is 0 Å². The van der Waals surface area contributed by atoms with Crippen LogP contribution in [0.4, 0.5) is 22.0 Å². The highest BCUT2D eigenvalue weighted by molar-refractivity contribution is 5.36. The zero-order valence-electron chi connectivity index (χ0n) is 11.4. The van der Waals surface area contributed by atoms with Crippen LogP contribution in [0.1, 0.15) is 55.7 Å². The van der Waals surface area contributed by atoms with Gasteiger partial charge in [0.15, 0.2) is 0 Å². The summed E-state index contributed by atoms with van der Waals surface area (Å²) < 4.78 is 67.0. The zero-order chi connectivity index (χ0) is 15.1. The van der Waals surface area contributed by atoms with Gasteiger partial charge in [-0.25, -0.2) is 8.78 Å². The molecule has 112 valence electrons. The molecule has 20 heavy (non-hydrogen) atoms. The Morgan fingerprint density at radius 2 is 1.50 bits per heavy atom. The predicted molar refractivity (Wildman–Crippen MR) is 66.8 cm³/mol. The van der Waals surface area contributed by atoms with Crippen molar-refractivity contribution in [1.29, 1.82) is 0 Å². The molecule has 1 aliphatic rings. The van der Waals surface area contributed by atoms with Crippen LogP contribution < -0.4 is 0 Å². The molecule has 0 nitrogen and oxygen atoms in total. The minimum absolute atomic E-state index is 0.228. The van der Waals surface area contributed by atoms with Crippen molar-refractivity contribution >= 4 is 0 Å². The van der Waals surface area contributed by atoms with E-state index in [9.17, 15) is 22.0 Å². The molecule has 0 spiro atoms. The van der Waals surface area contributed by atoms with Crippen LogP contribution >= 0.6 is 0 Å². The van der Waals surface area contributed by atoms with Crippen molar-refractivity contribution in [3.63, 3.8) is 0 Å². The van der Waals surface area contributed by atoms with Crippen molar-refractivity contribution in [1.82, 2.24) is 0 Å². The highest BCUT2D eigenvalue weighted by Crippen LogP contribution is 2.48. The fourth-order valence-corrected chi connectivity index (χ4v) is 2.35. The molecule has 1 aromatic carbocycles. The highest BCUT2D eigenvalue weighted by Gasteiger charge is 2.45. The molecular formula is C15H17F5. The van der Waals surface area contributed by atoms with Crippen LogP contribution in [0.2, 0.25) is 0 Å². The van der Waals surface area contributed by atoms with Gasteiger partial charge in [0.1, 0.15) is 0 Å². The summed E-state index contributed by atoms with van der Waals surface area (Å²) >= 11 is 0. The first-order valence-electron chi connectivity index (χ1n) is 6.73. The standard InChI is InChI=1S/C15H17F5/c1-9(2)10-6-12(8-13(7-10)15(18,19)20)14(16,17)11-4-3-5-11/h6-9,11H,3-5H2,1-2H3. The molecule has 0 amide bonds. The van der Waals surface area contributed by atoms with E-state index in [1.807, 2.05) is 0 Å². The lowest BCUT2D eigenvalue weighted by atomic mass is 9.77. The first kappa shape index (κ1) is 15.3. The van der Waals surface area contributed by atoms with Crippen molar-refractivity contribution in [2.45, 2.75) is 51.1 Å². The van der Waals surface area contributed by atoms with E-state index in [0.717, 1.165) is 12.5 Å². The average molecular weight is 292 g/mol. The Hall–Kier alpha value is -1.13. The van der Waals surface area contributed by atoms with Gasteiger partial charge in [0, 0.05) is 11.5 Å². The summed E-state index contributed by atoms with van der Waals surface area (Å²) in [7, 11) is 0. The summed E-state index contributed by atoms with van der Waals surface area (Å²) in [5, 5.41) is 0. The predicted octanol–water partition coefficient (Wildman–Crippen LogP) is 5.72. The minimum Gasteiger partial charge on any atom is -0.201 e. The van der Waals surface area contributed by atoms with Crippen LogP contribution in [0.5, 0.6) is 0 Å². The van der Waals surface area contributed by atoms with Crippen LogP contribution in [0, 0.1) is 5.92 Å². The number of halogens is 5. The molecule has 0 bridgehead atoms. The first-order chi connectivity index (χ1) is 9.12. The van der Waals surface area contributed by atoms with Crippen molar-refractivity contribution in [2.75, 3.05) is 0 Å². The van der Waals surface area contributed by atoms with Gasteiger partial charge in [0.25, 0.3) is 5.92 Å². The third-order valence-electron chi connectivity index (χ3n) is 3.95. The van der Waals surface area contributed by atoms with Gasteiger partial charge in [-0.05, 0) is 42.5 Å². The molecular weight excluding hydrogens is 275 g/mol. The van der Waals surface area contributed by atoms with Gasteiger partial charge in [0.2, 0.25) is 0 Å². The van der Waals surface area contributed by atoms with Crippen molar-refractivity contribution in [2.24, 2.45) is 5.92 Å². The van der Waals surface area contributed by atoms with E-state index < -0.39 is 29.1 Å². The average Bonchev–Trinajstić information content (AvgIpc) is 2.24. The van der Waals surface area contributed by atoms with Gasteiger partial charge in [-0.3, -0.25) is 0 Å². The molecule has 5 heteroatoms. The zero-order valence-corrected chi connectivity index (χ0v) is 11.4. The molecule has 1 aromatic rings. The molecule has 0 atom stereocenters. The van der Waals surface area contributed by atoms with Crippen LogP contribution in [0.15, 0.2) is 18.2 Å². The fourth-order valence-electron chi connectivity index (χ4n) is 2.35. The van der Waals surface area contributed by atoms with Gasteiger partial charge in [0.05, 0.1) is 5.56 Å². The second-order valence-electron chi connectivity index (χ2n) is 5.75. The molecule has 0 aromatic heterocycles. The largest absolute Gasteiger partial charge is 0.416 e. The Morgan fingerprint density at radius 3 is 1.90 bits per heavy atom. The van der Waals surface area contributed by atoms with E-state index in [1.54, 1.807) is 13.8 Å². The van der Waals surface area contributed by atoms with Gasteiger partial charge in [-0.1, -0.05) is 20.3 Å². The molecule has 0 aliphatic heterocycles. The smallest absolute Gasteiger partial charge is 0.201 e. The van der Waals surface area contributed by atoms with Gasteiger partial charge in [-0.2, -0.15) is 13.2 Å². The second-order valence-corrected chi connectivity index (χ2v) is 5.75. The summed E-state index contributed by atoms with van der Waals surface area (Å²) in [4.78, 5) is 0. The van der Waals surface area contributed by atoms with E-state index in [-0.39, 0.29) is 5.92 Å². The lowest BCUT2D eigenvalue weighted by Crippen LogP contribution is -2.31. The number of benzene rings is 1. The first-order valence-corrected chi connectivity index (χ1v) is 6.73. The van der Waals surface area contributed by atoms with Crippen molar-refractivity contribution < 1.29 is 22.0 Å². The van der Waals surface area contributed by atoms with Crippen LogP contribution in [0.25, 0.3) is 0 Å². The molecule has 0 radical (unpaired) electrons. The Labute approximate surface area is 115 Å². The maximum Gasteiger partial charge on any atom is 0.416 e. The topological polar surface area (TPSA) is 0 Å². The monoisotopic (exact) mass is 292 g/mol. The maximum absolute atomic E-state index is 14.2. The molecule has 2 rings (SSSR count). The maximum atomic E-state index is 14.2. The SMILES string of the molecule is CC(C)c1cc(C(F)(F)F)cc(C(F)(F)C2CCC2)c1. The molecule has 0 N–H and O–H groups in total. The molecule has 1 fully saturated rings. The van der Waals surface area contributed by atoms with Crippen LogP contribution in [-0.4, -0.2) is 0 Å². The number of hydrogen-bond donors (Lipinski definition) is 0. The Bertz CT molecular complexity index is 484. The lowest BCUT2D eigenvalue weighted by molar-refractivity contribution is -0.138. The molecule has 1 aliphatic carbocycles. The third kappa shape index (κ3) is 2.81. The molecule has 0 heterocycles. The quantitative estimate of drug-likeness (QED) is 0.625. The molecule has 1 saturated carbocycles. The molecule has 0 unspecified atom stereocenters. The Kier molecular flexibility index (Phi) is 3.82. The number of hydrogen-bond acceptors (Lipinski definition) is 0. The lowest BCUT2D eigenvalue weighted by Gasteiger charge is -2.34. The van der Waals surface area contributed by atoms with E-state index in [0.29, 0.717) is 24.5 Å². The van der Waals surface area contributed by atoms with E-state index in [4.69, 9.17) is 0 Å². The highest BCUT2D eigenvalue weighted by atomic mass is 19.4. The Morgan fingerprint density at radius 1 is 0.950 bits per heavy atom. The van der Waals surface area contributed by atoms with Gasteiger partial charge < -0.3 is 0 Å². The van der Waals surface area contributed by atoms with Crippen LogP contribution in [-0.2, 0) is 12.1 Å². The second kappa shape index (κ2) is 5.01. The van der Waals surface area contributed by atoms with Crippen molar-refractivity contribution in [3.8, 4) is 0 Å². The number of rotatable bonds is 3. The summed E-state index contributed by atoms with van der Waals surface area (Å²) in [6.07, 6.45) is -3.13. The van der Waals surface area contributed by atoms with Gasteiger partial charge in [-0.15, -0.1) is 0 Å². The van der Waals surface area contributed by atoms with E-state index in [2.05, 4.69) is 0 Å². The summed E-state index contributed by atoms with van der Waals surface area (Å²) in [5.41, 5.74) is -1.19. The van der Waals surface area contributed by atoms with E-state index >= 15 is 0 Å². The fraction of sp³-hybridized carbons (Fsp3) is 0.600. The normalized spacial score (nSPS) is 17.4. The molecule has 0 saturated heterocycles. The third-order valence-corrected chi connectivity index (χ3v) is 3.95. The summed E-state index contributed by atoms with van der Waals surface area (Å²) in [6, 6.07) is 2.79. The Balaban J connectivity index is 2.49.